The smallest absolute Gasteiger partial charge is 0.261 e. The van der Waals surface area contributed by atoms with Crippen molar-refractivity contribution in [2.75, 3.05) is 30.9 Å². The second-order valence-electron chi connectivity index (χ2n) is 7.39. The van der Waals surface area contributed by atoms with Gasteiger partial charge in [-0.3, -0.25) is 4.72 Å². The fourth-order valence-electron chi connectivity index (χ4n) is 3.64. The molecule has 0 amide bonds. The van der Waals surface area contributed by atoms with Gasteiger partial charge in [0.1, 0.15) is 6.07 Å². The molecule has 4 rings (SSSR count). The Morgan fingerprint density at radius 3 is 2.25 bits per heavy atom. The summed E-state index contributed by atoms with van der Waals surface area (Å²) in [5.74, 6) is 0. The molecule has 0 unspecified atom stereocenters. The second kappa shape index (κ2) is 8.64. The first-order valence-corrected chi connectivity index (χ1v) is 13.6. The maximum atomic E-state index is 12.9. The Kier molecular flexibility index (Phi) is 6.21. The van der Waals surface area contributed by atoms with E-state index in [0.717, 1.165) is 5.56 Å². The zero-order chi connectivity index (χ0) is 23.1. The number of piperazine rings is 1. The third kappa shape index (κ3) is 4.23. The number of H-pyrrole nitrogens is 1. The van der Waals surface area contributed by atoms with E-state index in [1.165, 1.54) is 34.8 Å². The van der Waals surface area contributed by atoms with Crippen LogP contribution in [-0.4, -0.2) is 55.4 Å². The molecule has 1 fully saturated rings. The first-order chi connectivity index (χ1) is 15.1. The van der Waals surface area contributed by atoms with Crippen molar-refractivity contribution in [1.82, 2.24) is 12.4 Å². The fraction of sp³-hybridized carbons (Fsp3) is 0.250. The van der Waals surface area contributed by atoms with E-state index in [1.807, 2.05) is 10.0 Å². The van der Waals surface area contributed by atoms with Crippen LogP contribution in [0.1, 0.15) is 11.1 Å². The van der Waals surface area contributed by atoms with Gasteiger partial charge in [0.05, 0.1) is 26.6 Å². The van der Waals surface area contributed by atoms with E-state index in [0.29, 0.717) is 48.3 Å². The van der Waals surface area contributed by atoms with Crippen LogP contribution in [0.2, 0.25) is 0 Å². The number of hydrogen-bond acceptors (Lipinski definition) is 6. The summed E-state index contributed by atoms with van der Waals surface area (Å²) >= 11 is 2.16. The van der Waals surface area contributed by atoms with Crippen molar-refractivity contribution in [2.24, 2.45) is 0 Å². The van der Waals surface area contributed by atoms with Gasteiger partial charge in [0.15, 0.2) is 0 Å². The predicted octanol–water partition coefficient (Wildman–Crippen LogP) is 2.81. The number of anilines is 1. The molecule has 3 aromatic rings. The number of fused-ring (bicyclic) bond motifs is 1. The van der Waals surface area contributed by atoms with Crippen molar-refractivity contribution >= 4 is 59.5 Å². The largest absolute Gasteiger partial charge is 0.358 e. The van der Waals surface area contributed by atoms with Crippen LogP contribution in [0.15, 0.2) is 52.4 Å². The summed E-state index contributed by atoms with van der Waals surface area (Å²) in [6, 6.07) is 10.6. The number of nitrogens with zero attached hydrogens (tertiary/aromatic N) is 3. The number of benzene rings is 2. The highest BCUT2D eigenvalue weighted by atomic mass is 127. The summed E-state index contributed by atoms with van der Waals surface area (Å²) < 4.78 is 57.6. The molecule has 12 heteroatoms. The van der Waals surface area contributed by atoms with Crippen LogP contribution >= 0.6 is 22.9 Å². The summed E-state index contributed by atoms with van der Waals surface area (Å²) in [5, 5.41) is 9.94. The van der Waals surface area contributed by atoms with Crippen LogP contribution < -0.4 is 4.72 Å². The lowest BCUT2D eigenvalue weighted by Gasteiger charge is -2.30. The van der Waals surface area contributed by atoms with E-state index in [-0.39, 0.29) is 9.79 Å². The van der Waals surface area contributed by atoms with Crippen LogP contribution in [0.4, 0.5) is 5.69 Å². The molecular weight excluding hydrogens is 565 g/mol. The van der Waals surface area contributed by atoms with E-state index in [1.54, 1.807) is 12.1 Å². The van der Waals surface area contributed by atoms with Gasteiger partial charge >= 0.3 is 0 Å². The monoisotopic (exact) mass is 585 g/mol. The maximum absolute atomic E-state index is 12.9. The molecule has 168 valence electrons. The molecule has 0 bridgehead atoms. The zero-order valence-corrected chi connectivity index (χ0v) is 20.8. The summed E-state index contributed by atoms with van der Waals surface area (Å²) in [5.41, 5.74) is 2.09. The van der Waals surface area contributed by atoms with Crippen LogP contribution in [0.3, 0.4) is 0 Å². The highest BCUT2D eigenvalue weighted by molar-refractivity contribution is 14.1. The van der Waals surface area contributed by atoms with Crippen molar-refractivity contribution in [3.05, 3.63) is 53.7 Å². The first kappa shape index (κ1) is 23.0. The fourth-order valence-corrected chi connectivity index (χ4v) is 6.57. The topological polar surface area (TPSA) is 126 Å². The Balaban J connectivity index is 1.61. The molecule has 0 radical (unpaired) electrons. The van der Waals surface area contributed by atoms with Crippen LogP contribution in [0.5, 0.6) is 0 Å². The Morgan fingerprint density at radius 1 is 1.00 bits per heavy atom. The molecule has 1 aliphatic heterocycles. The van der Waals surface area contributed by atoms with Crippen molar-refractivity contribution in [1.29, 1.82) is 5.26 Å². The molecule has 0 spiro atoms. The van der Waals surface area contributed by atoms with Gasteiger partial charge in [-0.2, -0.15) is 9.57 Å². The summed E-state index contributed by atoms with van der Waals surface area (Å²) in [7, 11) is -7.67. The summed E-state index contributed by atoms with van der Waals surface area (Å²) in [4.78, 5) is 2.95. The number of hydrogen-bond donors (Lipinski definition) is 2. The SMILES string of the molecule is Cc1ccc(NS(=O)(=O)c2ccc(S(=O)(=O)N3CCN(I)CC3)cc2)c2[nH]cc(C#N)c12. The Labute approximate surface area is 200 Å². The van der Waals surface area contributed by atoms with Gasteiger partial charge in [0.2, 0.25) is 10.0 Å². The molecule has 1 aromatic heterocycles. The Bertz CT molecular complexity index is 1420. The molecule has 2 aromatic carbocycles. The maximum Gasteiger partial charge on any atom is 0.261 e. The zero-order valence-electron chi connectivity index (χ0n) is 17.0. The van der Waals surface area contributed by atoms with Crippen LogP contribution in [0, 0.1) is 18.3 Å². The van der Waals surface area contributed by atoms with E-state index in [9.17, 15) is 22.1 Å². The number of aromatic amines is 1. The Hall–Kier alpha value is -2.18. The van der Waals surface area contributed by atoms with Crippen molar-refractivity contribution in [3.63, 3.8) is 0 Å². The van der Waals surface area contributed by atoms with Gasteiger partial charge in [-0.1, -0.05) is 6.07 Å². The number of aromatic nitrogens is 1. The predicted molar refractivity (Wildman–Crippen MR) is 129 cm³/mol. The number of halogens is 1. The van der Waals surface area contributed by atoms with Crippen molar-refractivity contribution in [2.45, 2.75) is 16.7 Å². The third-order valence-electron chi connectivity index (χ3n) is 5.36. The van der Waals surface area contributed by atoms with Crippen molar-refractivity contribution < 1.29 is 16.8 Å². The summed E-state index contributed by atoms with van der Waals surface area (Å²) in [6.45, 7) is 3.88. The number of nitriles is 1. The first-order valence-electron chi connectivity index (χ1n) is 9.68. The lowest BCUT2D eigenvalue weighted by molar-refractivity contribution is 0.304. The number of sulfonamides is 2. The molecule has 0 saturated carbocycles. The molecule has 1 saturated heterocycles. The van der Waals surface area contributed by atoms with Crippen LogP contribution in [0.25, 0.3) is 10.9 Å². The minimum atomic E-state index is -3.98. The molecule has 2 heterocycles. The van der Waals surface area contributed by atoms with E-state index in [2.05, 4.69) is 38.6 Å². The van der Waals surface area contributed by atoms with Gasteiger partial charge in [-0.15, -0.1) is 0 Å². The lowest BCUT2D eigenvalue weighted by Crippen LogP contribution is -2.45. The van der Waals surface area contributed by atoms with Gasteiger partial charge in [0.25, 0.3) is 10.0 Å². The number of aryl methyl sites for hydroxylation is 1. The third-order valence-corrected chi connectivity index (χ3v) is 9.62. The van der Waals surface area contributed by atoms with Gasteiger partial charge in [-0.05, 0) is 42.8 Å². The van der Waals surface area contributed by atoms with E-state index < -0.39 is 20.0 Å². The highest BCUT2D eigenvalue weighted by Crippen LogP contribution is 2.30. The molecule has 2 N–H and O–H groups in total. The van der Waals surface area contributed by atoms with E-state index >= 15 is 0 Å². The standard InChI is InChI=1S/C20H20IN5O4S2/c1-14-2-7-18(20-19(14)15(12-22)13-23-20)24-31(27,28)16-3-5-17(6-4-16)32(29,30)26-10-8-25(21)9-11-26/h2-7,13,23-24H,8-11H2,1H3. The number of nitrogens with one attached hydrogen (secondary N) is 2. The molecule has 1 aliphatic rings. The van der Waals surface area contributed by atoms with Gasteiger partial charge in [-0.25, -0.2) is 19.9 Å². The number of rotatable bonds is 5. The van der Waals surface area contributed by atoms with E-state index in [4.69, 9.17) is 0 Å². The highest BCUT2D eigenvalue weighted by Gasteiger charge is 2.28. The van der Waals surface area contributed by atoms with Gasteiger partial charge < -0.3 is 4.98 Å². The molecular formula is C20H20IN5O4S2. The molecule has 32 heavy (non-hydrogen) atoms. The average molecular weight is 585 g/mol. The van der Waals surface area contributed by atoms with Gasteiger partial charge in [0, 0.05) is 60.6 Å². The normalized spacial score (nSPS) is 16.2. The minimum absolute atomic E-state index is 0.0547. The molecule has 9 nitrogen and oxygen atoms in total. The minimum Gasteiger partial charge on any atom is -0.358 e. The molecule has 0 aliphatic carbocycles. The van der Waals surface area contributed by atoms with Crippen LogP contribution in [-0.2, 0) is 20.0 Å². The van der Waals surface area contributed by atoms with Crippen molar-refractivity contribution in [3.8, 4) is 6.07 Å². The average Bonchev–Trinajstić information content (AvgIpc) is 3.21. The lowest BCUT2D eigenvalue weighted by atomic mass is 10.1. The Morgan fingerprint density at radius 2 is 1.62 bits per heavy atom. The summed E-state index contributed by atoms with van der Waals surface area (Å²) in [6.07, 6.45) is 1.53. The quantitative estimate of drug-likeness (QED) is 0.351. The molecule has 0 atom stereocenters. The second-order valence-corrected chi connectivity index (χ2v) is 12.4.